The van der Waals surface area contributed by atoms with Gasteiger partial charge < -0.3 is 10.5 Å². The third kappa shape index (κ3) is 8.67. The van der Waals surface area contributed by atoms with E-state index >= 15 is 0 Å². The first kappa shape index (κ1) is 18.0. The number of nitrogens with zero attached hydrogens (tertiary/aromatic N) is 2. The molecule has 4 heteroatoms. The zero-order valence-electron chi connectivity index (χ0n) is 12.9. The number of aryl methyl sites for hydroxylation is 1. The standard InChI is InChI=1S/C13H23N3O.C2H6.H2/c1-11(2)13-15-9-12(10-16-13)5-3-7-17-8-4-6-14;1-2;/h9-11H,3-8,14H2,1-2H3;1-2H3;1H. The van der Waals surface area contributed by atoms with Crippen LogP contribution in [0.1, 0.15) is 59.3 Å². The number of hydrogen-bond donors (Lipinski definition) is 1. The summed E-state index contributed by atoms with van der Waals surface area (Å²) in [6.45, 7) is 10.4. The Morgan fingerprint density at radius 2 is 1.74 bits per heavy atom. The monoisotopic (exact) mass is 269 g/mol. The molecule has 0 saturated heterocycles. The Morgan fingerprint density at radius 3 is 2.26 bits per heavy atom. The SMILES string of the molecule is CC.CC(C)c1ncc(CCCOCCCN)cn1.[HH]. The normalized spacial score (nSPS) is 10.2. The van der Waals surface area contributed by atoms with Crippen molar-refractivity contribution in [2.24, 2.45) is 5.73 Å². The number of hydrogen-bond acceptors (Lipinski definition) is 4. The van der Waals surface area contributed by atoms with Crippen molar-refractivity contribution >= 4 is 0 Å². The molecule has 1 rings (SSSR count). The van der Waals surface area contributed by atoms with E-state index in [-0.39, 0.29) is 1.43 Å². The largest absolute Gasteiger partial charge is 0.381 e. The third-order valence-corrected chi connectivity index (χ3v) is 2.49. The summed E-state index contributed by atoms with van der Waals surface area (Å²) in [6.07, 6.45) is 6.76. The quantitative estimate of drug-likeness (QED) is 0.736. The molecule has 1 aromatic rings. The first-order chi connectivity index (χ1) is 9.24. The van der Waals surface area contributed by atoms with Gasteiger partial charge in [-0.25, -0.2) is 9.97 Å². The zero-order chi connectivity index (χ0) is 14.5. The lowest BCUT2D eigenvalue weighted by Gasteiger charge is -2.05. The van der Waals surface area contributed by atoms with Crippen molar-refractivity contribution in [1.29, 1.82) is 0 Å². The van der Waals surface area contributed by atoms with Crippen molar-refractivity contribution in [2.45, 2.75) is 52.9 Å². The predicted molar refractivity (Wildman–Crippen MR) is 82.4 cm³/mol. The van der Waals surface area contributed by atoms with Crippen molar-refractivity contribution in [3.05, 3.63) is 23.8 Å². The Morgan fingerprint density at radius 1 is 1.16 bits per heavy atom. The van der Waals surface area contributed by atoms with Crippen molar-refractivity contribution in [3.63, 3.8) is 0 Å². The second-order valence-electron chi connectivity index (χ2n) is 4.46. The molecule has 0 aromatic carbocycles. The lowest BCUT2D eigenvalue weighted by molar-refractivity contribution is 0.131. The Labute approximate surface area is 119 Å². The third-order valence-electron chi connectivity index (χ3n) is 2.49. The van der Waals surface area contributed by atoms with E-state index in [4.69, 9.17) is 10.5 Å². The highest BCUT2D eigenvalue weighted by molar-refractivity contribution is 5.06. The van der Waals surface area contributed by atoms with Gasteiger partial charge >= 0.3 is 0 Å². The van der Waals surface area contributed by atoms with Gasteiger partial charge in [0.2, 0.25) is 0 Å². The number of aromatic nitrogens is 2. The van der Waals surface area contributed by atoms with Crippen LogP contribution in [-0.2, 0) is 11.2 Å². The van der Waals surface area contributed by atoms with Gasteiger partial charge in [-0.3, -0.25) is 0 Å². The van der Waals surface area contributed by atoms with Crippen molar-refractivity contribution < 1.29 is 6.16 Å². The minimum absolute atomic E-state index is 0. The van der Waals surface area contributed by atoms with Crippen LogP contribution in [0.15, 0.2) is 12.4 Å². The molecule has 0 saturated carbocycles. The molecule has 1 heterocycles. The maximum atomic E-state index is 5.44. The summed E-state index contributed by atoms with van der Waals surface area (Å²) in [6, 6.07) is 0. The van der Waals surface area contributed by atoms with Crippen LogP contribution in [0.2, 0.25) is 0 Å². The van der Waals surface area contributed by atoms with E-state index in [2.05, 4.69) is 23.8 Å². The Hall–Kier alpha value is -1.00. The van der Waals surface area contributed by atoms with E-state index in [1.54, 1.807) is 0 Å². The van der Waals surface area contributed by atoms with Crippen LogP contribution in [0, 0.1) is 0 Å². The molecular weight excluding hydrogens is 238 g/mol. The Balaban J connectivity index is 0. The van der Waals surface area contributed by atoms with Gasteiger partial charge in [-0.1, -0.05) is 27.7 Å². The molecule has 2 N–H and O–H groups in total. The minimum atomic E-state index is 0. The number of ether oxygens (including phenoxy) is 1. The highest BCUT2D eigenvalue weighted by atomic mass is 16.5. The molecular formula is C15H31N3O. The van der Waals surface area contributed by atoms with Gasteiger partial charge in [0.1, 0.15) is 5.82 Å². The van der Waals surface area contributed by atoms with Crippen LogP contribution in [0.5, 0.6) is 0 Å². The summed E-state index contributed by atoms with van der Waals surface area (Å²) in [7, 11) is 0. The maximum Gasteiger partial charge on any atom is 0.130 e. The van der Waals surface area contributed by atoms with E-state index < -0.39 is 0 Å². The molecule has 112 valence electrons. The van der Waals surface area contributed by atoms with Gasteiger partial charge in [-0.2, -0.15) is 0 Å². The van der Waals surface area contributed by atoms with Crippen LogP contribution < -0.4 is 5.73 Å². The first-order valence-electron chi connectivity index (χ1n) is 7.32. The first-order valence-corrected chi connectivity index (χ1v) is 7.32. The van der Waals surface area contributed by atoms with Gasteiger partial charge in [0, 0.05) is 33.0 Å². The van der Waals surface area contributed by atoms with Crippen LogP contribution in [-0.4, -0.2) is 29.7 Å². The highest BCUT2D eigenvalue weighted by Crippen LogP contribution is 2.08. The average Bonchev–Trinajstić information content (AvgIpc) is 2.45. The lowest BCUT2D eigenvalue weighted by Crippen LogP contribution is -2.05. The second kappa shape index (κ2) is 12.1. The molecule has 0 aliphatic carbocycles. The Kier molecular flexibility index (Phi) is 11.4. The summed E-state index contributed by atoms with van der Waals surface area (Å²) in [5.41, 5.74) is 6.55. The van der Waals surface area contributed by atoms with Crippen LogP contribution in [0.4, 0.5) is 0 Å². The summed E-state index contributed by atoms with van der Waals surface area (Å²) in [5, 5.41) is 0. The molecule has 0 aliphatic heterocycles. The van der Waals surface area contributed by atoms with Crippen LogP contribution in [0.3, 0.4) is 0 Å². The molecule has 0 spiro atoms. The predicted octanol–water partition coefficient (Wildman–Crippen LogP) is 3.17. The molecule has 0 radical (unpaired) electrons. The van der Waals surface area contributed by atoms with E-state index in [0.29, 0.717) is 12.5 Å². The van der Waals surface area contributed by atoms with E-state index in [0.717, 1.165) is 38.3 Å². The van der Waals surface area contributed by atoms with Gasteiger partial charge in [-0.15, -0.1) is 0 Å². The molecule has 0 atom stereocenters. The zero-order valence-corrected chi connectivity index (χ0v) is 12.9. The topological polar surface area (TPSA) is 61.0 Å². The van der Waals surface area contributed by atoms with E-state index in [9.17, 15) is 0 Å². The van der Waals surface area contributed by atoms with E-state index in [1.165, 1.54) is 5.56 Å². The highest BCUT2D eigenvalue weighted by Gasteiger charge is 2.02. The fraction of sp³-hybridized carbons (Fsp3) is 0.733. The van der Waals surface area contributed by atoms with Gasteiger partial charge in [0.05, 0.1) is 0 Å². The molecule has 0 bridgehead atoms. The van der Waals surface area contributed by atoms with Gasteiger partial charge in [-0.05, 0) is 31.4 Å². The smallest absolute Gasteiger partial charge is 0.130 e. The van der Waals surface area contributed by atoms with Gasteiger partial charge in [0.15, 0.2) is 0 Å². The van der Waals surface area contributed by atoms with Crippen molar-refractivity contribution in [3.8, 4) is 0 Å². The molecule has 0 aliphatic rings. The summed E-state index contributed by atoms with van der Waals surface area (Å²) >= 11 is 0. The Bertz CT molecular complexity index is 304. The molecule has 1 aromatic heterocycles. The van der Waals surface area contributed by atoms with Crippen molar-refractivity contribution in [2.75, 3.05) is 19.8 Å². The fourth-order valence-corrected chi connectivity index (χ4v) is 1.46. The molecule has 0 unspecified atom stereocenters. The molecule has 0 fully saturated rings. The molecule has 4 nitrogen and oxygen atoms in total. The fourth-order valence-electron chi connectivity index (χ4n) is 1.46. The summed E-state index contributed by atoms with van der Waals surface area (Å²) in [5.74, 6) is 1.30. The second-order valence-corrected chi connectivity index (χ2v) is 4.46. The van der Waals surface area contributed by atoms with E-state index in [1.807, 2.05) is 26.2 Å². The molecule has 0 amide bonds. The van der Waals surface area contributed by atoms with Crippen LogP contribution in [0.25, 0.3) is 0 Å². The van der Waals surface area contributed by atoms with Crippen molar-refractivity contribution in [1.82, 2.24) is 9.97 Å². The average molecular weight is 269 g/mol. The lowest BCUT2D eigenvalue weighted by atomic mass is 10.2. The molecule has 19 heavy (non-hydrogen) atoms. The maximum absolute atomic E-state index is 5.44. The summed E-state index contributed by atoms with van der Waals surface area (Å²) < 4.78 is 5.44. The van der Waals surface area contributed by atoms with Gasteiger partial charge in [0.25, 0.3) is 0 Å². The number of rotatable bonds is 8. The summed E-state index contributed by atoms with van der Waals surface area (Å²) in [4.78, 5) is 8.68. The number of nitrogens with two attached hydrogens (primary N) is 1. The van der Waals surface area contributed by atoms with Crippen LogP contribution >= 0.6 is 0 Å². The minimum Gasteiger partial charge on any atom is -0.381 e.